The van der Waals surface area contributed by atoms with Gasteiger partial charge in [-0.05, 0) is 35.9 Å². The first-order chi connectivity index (χ1) is 14.9. The number of anilines is 1. The maximum absolute atomic E-state index is 12.7. The summed E-state index contributed by atoms with van der Waals surface area (Å²) >= 11 is 7.24. The smallest absolute Gasteiger partial charge is 0.340 e. The lowest BCUT2D eigenvalue weighted by Gasteiger charge is -2.11. The maximum atomic E-state index is 12.7. The molecular formula is C22H17ClN2O5S. The topological polar surface area (TPSA) is 98.5 Å². The monoisotopic (exact) mass is 456 g/mol. The molecule has 0 heterocycles. The second kappa shape index (κ2) is 10.1. The Kier molecular flexibility index (Phi) is 7.28. The number of nitro benzene ring substituents is 1. The van der Waals surface area contributed by atoms with E-state index in [2.05, 4.69) is 5.32 Å². The van der Waals surface area contributed by atoms with Crippen LogP contribution in [0.15, 0.2) is 71.6 Å². The van der Waals surface area contributed by atoms with Crippen LogP contribution in [0.25, 0.3) is 0 Å². The summed E-state index contributed by atoms with van der Waals surface area (Å²) < 4.78 is 4.71. The minimum atomic E-state index is -0.670. The molecule has 1 amide bonds. The molecule has 1 N–H and O–H groups in total. The van der Waals surface area contributed by atoms with E-state index in [1.165, 1.54) is 49.2 Å². The van der Waals surface area contributed by atoms with E-state index in [0.717, 1.165) is 5.56 Å². The highest BCUT2D eigenvalue weighted by Crippen LogP contribution is 2.32. The zero-order chi connectivity index (χ0) is 22.4. The highest BCUT2D eigenvalue weighted by Gasteiger charge is 2.20. The number of benzene rings is 3. The van der Waals surface area contributed by atoms with E-state index >= 15 is 0 Å². The molecule has 3 aromatic rings. The van der Waals surface area contributed by atoms with E-state index in [1.807, 2.05) is 30.3 Å². The molecule has 0 saturated carbocycles. The molecular weight excluding hydrogens is 440 g/mol. The lowest BCUT2D eigenvalue weighted by Crippen LogP contribution is -2.15. The van der Waals surface area contributed by atoms with Crippen LogP contribution in [-0.2, 0) is 10.5 Å². The van der Waals surface area contributed by atoms with E-state index in [9.17, 15) is 19.7 Å². The molecule has 0 unspecified atom stereocenters. The molecule has 0 aromatic heterocycles. The Morgan fingerprint density at radius 3 is 2.52 bits per heavy atom. The predicted octanol–water partition coefficient (Wildman–Crippen LogP) is 5.58. The lowest BCUT2D eigenvalue weighted by molar-refractivity contribution is -0.387. The second-order valence-electron chi connectivity index (χ2n) is 6.35. The van der Waals surface area contributed by atoms with Gasteiger partial charge in [0.2, 0.25) is 0 Å². The van der Waals surface area contributed by atoms with Gasteiger partial charge in [0.25, 0.3) is 11.6 Å². The summed E-state index contributed by atoms with van der Waals surface area (Å²) in [6.45, 7) is 0. The first kappa shape index (κ1) is 22.3. The van der Waals surface area contributed by atoms with Gasteiger partial charge in [0.1, 0.15) is 0 Å². The fraction of sp³-hybridized carbons (Fsp3) is 0.0909. The van der Waals surface area contributed by atoms with E-state index in [-0.39, 0.29) is 22.5 Å². The van der Waals surface area contributed by atoms with Gasteiger partial charge in [-0.2, -0.15) is 0 Å². The highest BCUT2D eigenvalue weighted by molar-refractivity contribution is 7.98. The van der Waals surface area contributed by atoms with Crippen molar-refractivity contribution in [3.8, 4) is 0 Å². The standard InChI is InChI=1S/C22H17ClN2O5S/c1-30-22(27)17-12-16(23)8-9-18(17)24-21(26)15-7-10-20(19(11-15)25(28)29)31-13-14-5-3-2-4-6-14/h2-12H,13H2,1H3,(H,24,26). The lowest BCUT2D eigenvalue weighted by atomic mass is 10.1. The molecule has 0 aliphatic heterocycles. The number of methoxy groups -OCH3 is 1. The molecule has 0 aliphatic carbocycles. The van der Waals surface area contributed by atoms with Crippen LogP contribution in [0.1, 0.15) is 26.3 Å². The number of rotatable bonds is 7. The summed E-state index contributed by atoms with van der Waals surface area (Å²) in [6.07, 6.45) is 0. The number of hydrogen-bond acceptors (Lipinski definition) is 6. The number of thioether (sulfide) groups is 1. The van der Waals surface area contributed by atoms with Gasteiger partial charge in [-0.1, -0.05) is 41.9 Å². The van der Waals surface area contributed by atoms with Gasteiger partial charge in [0.15, 0.2) is 0 Å². The van der Waals surface area contributed by atoms with Crippen LogP contribution in [-0.4, -0.2) is 23.9 Å². The Morgan fingerprint density at radius 2 is 1.84 bits per heavy atom. The number of amides is 1. The van der Waals surface area contributed by atoms with Crippen LogP contribution < -0.4 is 5.32 Å². The summed E-state index contributed by atoms with van der Waals surface area (Å²) in [4.78, 5) is 36.2. The third-order valence-corrected chi connectivity index (χ3v) is 5.66. The highest BCUT2D eigenvalue weighted by atomic mass is 35.5. The van der Waals surface area contributed by atoms with Crippen molar-refractivity contribution in [3.05, 3.63) is 98.6 Å². The zero-order valence-corrected chi connectivity index (χ0v) is 17.9. The van der Waals surface area contributed by atoms with Crippen molar-refractivity contribution in [3.63, 3.8) is 0 Å². The Labute approximate surface area is 187 Å². The third-order valence-electron chi connectivity index (χ3n) is 4.29. The maximum Gasteiger partial charge on any atom is 0.340 e. The fourth-order valence-corrected chi connectivity index (χ4v) is 3.89. The van der Waals surface area contributed by atoms with Gasteiger partial charge in [-0.15, -0.1) is 11.8 Å². The van der Waals surface area contributed by atoms with Crippen molar-refractivity contribution in [1.82, 2.24) is 0 Å². The number of esters is 1. The number of nitro groups is 1. The molecule has 158 valence electrons. The van der Waals surface area contributed by atoms with Crippen LogP contribution in [0.4, 0.5) is 11.4 Å². The van der Waals surface area contributed by atoms with Crippen molar-refractivity contribution in [2.24, 2.45) is 0 Å². The molecule has 3 aromatic carbocycles. The Bertz CT molecular complexity index is 1140. The molecule has 0 spiro atoms. The molecule has 0 aliphatic rings. The van der Waals surface area contributed by atoms with Crippen LogP contribution in [0, 0.1) is 10.1 Å². The molecule has 0 saturated heterocycles. The Hall–Kier alpha value is -3.36. The zero-order valence-electron chi connectivity index (χ0n) is 16.3. The number of carbonyl (C=O) groups is 2. The van der Waals surface area contributed by atoms with Gasteiger partial charge in [-0.3, -0.25) is 14.9 Å². The van der Waals surface area contributed by atoms with Gasteiger partial charge in [0.05, 0.1) is 28.2 Å². The normalized spacial score (nSPS) is 10.4. The molecule has 0 atom stereocenters. The van der Waals surface area contributed by atoms with Gasteiger partial charge in [-0.25, -0.2) is 4.79 Å². The average Bonchev–Trinajstić information content (AvgIpc) is 2.78. The van der Waals surface area contributed by atoms with Crippen LogP contribution in [0.2, 0.25) is 5.02 Å². The Balaban J connectivity index is 1.83. The number of ether oxygens (including phenoxy) is 1. The number of nitrogens with one attached hydrogen (secondary N) is 1. The molecule has 31 heavy (non-hydrogen) atoms. The number of hydrogen-bond donors (Lipinski definition) is 1. The van der Waals surface area contributed by atoms with Crippen molar-refractivity contribution in [1.29, 1.82) is 0 Å². The van der Waals surface area contributed by atoms with Crippen LogP contribution in [0.3, 0.4) is 0 Å². The molecule has 7 nitrogen and oxygen atoms in total. The fourth-order valence-electron chi connectivity index (χ4n) is 2.76. The Morgan fingerprint density at radius 1 is 1.10 bits per heavy atom. The number of nitrogens with zero attached hydrogens (tertiary/aromatic N) is 1. The SMILES string of the molecule is COC(=O)c1cc(Cl)ccc1NC(=O)c1ccc(SCc2ccccc2)c([N+](=O)[O-])c1. The summed E-state index contributed by atoms with van der Waals surface area (Å²) in [5.74, 6) is -0.716. The van der Waals surface area contributed by atoms with Crippen LogP contribution >= 0.6 is 23.4 Å². The summed E-state index contributed by atoms with van der Waals surface area (Å²) in [6, 6.07) is 18.2. The van der Waals surface area contributed by atoms with Crippen LogP contribution in [0.5, 0.6) is 0 Å². The van der Waals surface area contributed by atoms with Crippen molar-refractivity contribution in [2.45, 2.75) is 10.6 Å². The minimum absolute atomic E-state index is 0.0767. The molecule has 0 bridgehead atoms. The summed E-state index contributed by atoms with van der Waals surface area (Å²) in [7, 11) is 1.21. The summed E-state index contributed by atoms with van der Waals surface area (Å²) in [5.41, 5.74) is 1.21. The quantitative estimate of drug-likeness (QED) is 0.216. The van der Waals surface area contributed by atoms with Gasteiger partial charge >= 0.3 is 5.97 Å². The van der Waals surface area contributed by atoms with Crippen molar-refractivity contribution >= 4 is 46.6 Å². The van der Waals surface area contributed by atoms with Gasteiger partial charge in [0, 0.05) is 22.4 Å². The van der Waals surface area contributed by atoms with E-state index in [1.54, 1.807) is 6.07 Å². The van der Waals surface area contributed by atoms with Crippen molar-refractivity contribution < 1.29 is 19.2 Å². The predicted molar refractivity (Wildman–Crippen MR) is 120 cm³/mol. The second-order valence-corrected chi connectivity index (χ2v) is 7.80. The number of halogens is 1. The van der Waals surface area contributed by atoms with Crippen molar-refractivity contribution in [2.75, 3.05) is 12.4 Å². The van der Waals surface area contributed by atoms with Gasteiger partial charge < -0.3 is 10.1 Å². The van der Waals surface area contributed by atoms with E-state index in [0.29, 0.717) is 15.7 Å². The first-order valence-corrected chi connectivity index (χ1v) is 10.4. The third kappa shape index (κ3) is 5.62. The molecule has 0 radical (unpaired) electrons. The minimum Gasteiger partial charge on any atom is -0.465 e. The number of carbonyl (C=O) groups excluding carboxylic acids is 2. The summed E-state index contributed by atoms with van der Waals surface area (Å²) in [5, 5.41) is 14.5. The molecule has 0 fully saturated rings. The average molecular weight is 457 g/mol. The largest absolute Gasteiger partial charge is 0.465 e. The molecule has 3 rings (SSSR count). The first-order valence-electron chi connectivity index (χ1n) is 9.03. The van der Waals surface area contributed by atoms with E-state index in [4.69, 9.17) is 16.3 Å². The molecule has 9 heteroatoms. The van der Waals surface area contributed by atoms with E-state index < -0.39 is 16.8 Å².